The Morgan fingerprint density at radius 2 is 2.43 bits per heavy atom. The van der Waals surface area contributed by atoms with E-state index in [1.807, 2.05) is 6.92 Å². The van der Waals surface area contributed by atoms with Crippen LogP contribution in [0.15, 0.2) is 12.6 Å². The molecule has 0 N–H and O–H groups in total. The molecule has 0 unspecified atom stereocenters. The van der Waals surface area contributed by atoms with Crippen LogP contribution in [0.25, 0.3) is 0 Å². The van der Waals surface area contributed by atoms with Gasteiger partial charge in [0.05, 0.1) is 6.61 Å². The third kappa shape index (κ3) is 5.47. The van der Waals surface area contributed by atoms with E-state index in [4.69, 9.17) is 0 Å². The third-order valence-electron chi connectivity index (χ3n) is 0.463. The van der Waals surface area contributed by atoms with Gasteiger partial charge in [-0.15, -0.1) is 0 Å². The topological polar surface area (TPSA) is 9.23 Å². The fraction of sp³-hybridized carbons (Fsp3) is 0.600. The number of hydrogen-bond donors (Lipinski definition) is 0. The van der Waals surface area contributed by atoms with Crippen LogP contribution in [0.5, 0.6) is 0 Å². The smallest absolute Gasteiger partial charge is 0.265 e. The summed E-state index contributed by atoms with van der Waals surface area (Å²) in [7, 11) is 0. The maximum absolute atomic E-state index is 11.5. The fourth-order valence-corrected chi connectivity index (χ4v) is 0.213. The van der Waals surface area contributed by atoms with Gasteiger partial charge in [-0.05, 0) is 13.0 Å². The molecule has 0 heterocycles. The Morgan fingerprint density at radius 3 is 2.57 bits per heavy atom. The van der Waals surface area contributed by atoms with Crippen molar-refractivity contribution < 1.29 is 9.13 Å². The highest BCUT2D eigenvalue weighted by atomic mass is 19.1. The van der Waals surface area contributed by atoms with Crippen LogP contribution in [0.4, 0.5) is 4.39 Å². The minimum absolute atomic E-state index is 0.426. The molecular formula is C5H9FO. The lowest BCUT2D eigenvalue weighted by molar-refractivity contribution is 0.148. The van der Waals surface area contributed by atoms with Crippen molar-refractivity contribution >= 4 is 0 Å². The van der Waals surface area contributed by atoms with Gasteiger partial charge in [0.1, 0.15) is 0 Å². The number of halogens is 1. The molecule has 0 aliphatic carbocycles. The van der Waals surface area contributed by atoms with Gasteiger partial charge in [0.2, 0.25) is 0 Å². The molecule has 2 heteroatoms. The highest BCUT2D eigenvalue weighted by molar-refractivity contribution is 4.62. The molecular weight excluding hydrogens is 95.1 g/mol. The lowest BCUT2D eigenvalue weighted by Crippen LogP contribution is -1.85. The second-order valence-electron chi connectivity index (χ2n) is 1.20. The van der Waals surface area contributed by atoms with E-state index in [0.29, 0.717) is 6.61 Å². The second kappa shape index (κ2) is 3.65. The van der Waals surface area contributed by atoms with Gasteiger partial charge < -0.3 is 4.74 Å². The van der Waals surface area contributed by atoms with Crippen molar-refractivity contribution in [2.75, 3.05) is 6.61 Å². The molecule has 0 radical (unpaired) electrons. The van der Waals surface area contributed by atoms with Crippen molar-refractivity contribution in [1.29, 1.82) is 0 Å². The summed E-state index contributed by atoms with van der Waals surface area (Å²) < 4.78 is 15.8. The number of rotatable bonds is 3. The molecule has 0 aromatic heterocycles. The fourth-order valence-electron chi connectivity index (χ4n) is 0.213. The van der Waals surface area contributed by atoms with Crippen molar-refractivity contribution in [3.63, 3.8) is 0 Å². The first-order chi connectivity index (χ1) is 3.27. The quantitative estimate of drug-likeness (QED) is 0.496. The highest BCUT2D eigenvalue weighted by Crippen LogP contribution is 1.93. The van der Waals surface area contributed by atoms with Crippen LogP contribution in [0, 0.1) is 0 Å². The van der Waals surface area contributed by atoms with Crippen molar-refractivity contribution in [2.24, 2.45) is 0 Å². The van der Waals surface area contributed by atoms with Crippen molar-refractivity contribution in [3.8, 4) is 0 Å². The Labute approximate surface area is 42.8 Å². The van der Waals surface area contributed by atoms with E-state index < -0.39 is 6.01 Å². The summed E-state index contributed by atoms with van der Waals surface area (Å²) in [6.07, 6.45) is 0.822. The summed E-state index contributed by atoms with van der Waals surface area (Å²) in [5.74, 6) is 0. The van der Waals surface area contributed by atoms with E-state index in [9.17, 15) is 4.39 Å². The second-order valence-corrected chi connectivity index (χ2v) is 1.20. The first-order valence-corrected chi connectivity index (χ1v) is 2.24. The molecule has 0 amide bonds. The summed E-state index contributed by atoms with van der Waals surface area (Å²) in [6, 6.07) is -0.693. The monoisotopic (exact) mass is 104 g/mol. The zero-order chi connectivity index (χ0) is 5.70. The third-order valence-corrected chi connectivity index (χ3v) is 0.463. The van der Waals surface area contributed by atoms with Crippen LogP contribution in [-0.4, -0.2) is 6.61 Å². The Hall–Kier alpha value is -0.530. The van der Waals surface area contributed by atoms with E-state index in [0.717, 1.165) is 6.42 Å². The summed E-state index contributed by atoms with van der Waals surface area (Å²) in [6.45, 7) is 5.24. The molecule has 0 fully saturated rings. The molecule has 7 heavy (non-hydrogen) atoms. The van der Waals surface area contributed by atoms with Gasteiger partial charge in [-0.3, -0.25) is 0 Å². The molecule has 0 aromatic carbocycles. The molecule has 42 valence electrons. The lowest BCUT2D eigenvalue weighted by atomic mass is 10.5. The van der Waals surface area contributed by atoms with Crippen molar-refractivity contribution in [3.05, 3.63) is 12.6 Å². The minimum atomic E-state index is -0.693. The predicted molar refractivity (Wildman–Crippen MR) is 26.5 cm³/mol. The van der Waals surface area contributed by atoms with Crippen molar-refractivity contribution in [2.45, 2.75) is 13.3 Å². The summed E-state index contributed by atoms with van der Waals surface area (Å²) in [5.41, 5.74) is 0. The van der Waals surface area contributed by atoms with Crippen LogP contribution < -0.4 is 0 Å². The molecule has 0 bridgehead atoms. The van der Waals surface area contributed by atoms with E-state index in [2.05, 4.69) is 11.3 Å². The Kier molecular flexibility index (Phi) is 3.38. The van der Waals surface area contributed by atoms with Gasteiger partial charge in [0, 0.05) is 0 Å². The van der Waals surface area contributed by atoms with Gasteiger partial charge in [0.25, 0.3) is 6.01 Å². The van der Waals surface area contributed by atoms with Gasteiger partial charge in [-0.1, -0.05) is 6.92 Å². The molecule has 1 nitrogen and oxygen atoms in total. The summed E-state index contributed by atoms with van der Waals surface area (Å²) in [5, 5.41) is 0. The molecule has 0 saturated heterocycles. The van der Waals surface area contributed by atoms with Crippen LogP contribution in [-0.2, 0) is 4.74 Å². The molecule has 0 rings (SSSR count). The van der Waals surface area contributed by atoms with E-state index in [-0.39, 0.29) is 0 Å². The zero-order valence-corrected chi connectivity index (χ0v) is 4.41. The minimum Gasteiger partial charge on any atom is -0.471 e. The number of hydrogen-bond acceptors (Lipinski definition) is 1. The molecule has 0 aliphatic rings. The Balaban J connectivity index is 2.82. The van der Waals surface area contributed by atoms with E-state index in [1.165, 1.54) is 0 Å². The molecule has 0 saturated carbocycles. The average Bonchev–Trinajstić information content (AvgIpc) is 1.61. The highest BCUT2D eigenvalue weighted by Gasteiger charge is 1.83. The zero-order valence-electron chi connectivity index (χ0n) is 4.41. The molecule has 0 atom stereocenters. The summed E-state index contributed by atoms with van der Waals surface area (Å²) in [4.78, 5) is 0. The van der Waals surface area contributed by atoms with E-state index >= 15 is 0 Å². The first kappa shape index (κ1) is 6.47. The largest absolute Gasteiger partial charge is 0.471 e. The SMILES string of the molecule is C=C(F)OCCC. The van der Waals surface area contributed by atoms with Crippen LogP contribution >= 0.6 is 0 Å². The Morgan fingerprint density at radius 1 is 1.86 bits per heavy atom. The summed E-state index contributed by atoms with van der Waals surface area (Å²) >= 11 is 0. The van der Waals surface area contributed by atoms with Gasteiger partial charge in [0.15, 0.2) is 0 Å². The standard InChI is InChI=1S/C5H9FO/c1-3-4-7-5(2)6/h2-4H2,1H3. The van der Waals surface area contributed by atoms with Crippen LogP contribution in [0.3, 0.4) is 0 Å². The van der Waals surface area contributed by atoms with Crippen LogP contribution in [0.2, 0.25) is 0 Å². The lowest BCUT2D eigenvalue weighted by Gasteiger charge is -1.95. The molecule has 0 aliphatic heterocycles. The van der Waals surface area contributed by atoms with Crippen molar-refractivity contribution in [1.82, 2.24) is 0 Å². The predicted octanol–water partition coefficient (Wildman–Crippen LogP) is 1.85. The maximum atomic E-state index is 11.5. The first-order valence-electron chi connectivity index (χ1n) is 2.24. The van der Waals surface area contributed by atoms with Gasteiger partial charge in [-0.25, -0.2) is 0 Å². The normalized spacial score (nSPS) is 8.29. The molecule has 0 spiro atoms. The number of ether oxygens (including phenoxy) is 1. The maximum Gasteiger partial charge on any atom is 0.265 e. The van der Waals surface area contributed by atoms with Gasteiger partial charge >= 0.3 is 0 Å². The average molecular weight is 104 g/mol. The molecule has 0 aromatic rings. The Bertz CT molecular complexity index is 61.1. The van der Waals surface area contributed by atoms with Gasteiger partial charge in [-0.2, -0.15) is 4.39 Å². The van der Waals surface area contributed by atoms with Crippen LogP contribution in [0.1, 0.15) is 13.3 Å². The van der Waals surface area contributed by atoms with E-state index in [1.54, 1.807) is 0 Å².